The van der Waals surface area contributed by atoms with Crippen molar-refractivity contribution in [1.82, 2.24) is 14.8 Å². The molecule has 6 heteroatoms. The number of ether oxygens (including phenoxy) is 1. The van der Waals surface area contributed by atoms with Gasteiger partial charge in [-0.3, -0.25) is 14.7 Å². The Kier molecular flexibility index (Phi) is 4.78. The highest BCUT2D eigenvalue weighted by Crippen LogP contribution is 2.36. The van der Waals surface area contributed by atoms with Crippen LogP contribution in [0.25, 0.3) is 0 Å². The number of nitrogens with zero attached hydrogens (tertiary/aromatic N) is 3. The van der Waals surface area contributed by atoms with Crippen molar-refractivity contribution < 1.29 is 13.9 Å². The SMILES string of the molecule is CC1N(Cc2cccnc2)C(=O)COC12CCN(Cc1ccoc1)CC2. The predicted octanol–water partition coefficient (Wildman–Crippen LogP) is 2.46. The number of carbonyl (C=O) groups excluding carboxylic acids is 1. The molecule has 0 aromatic carbocycles. The molecule has 1 amide bonds. The Morgan fingerprint density at radius 3 is 2.77 bits per heavy atom. The Hall–Kier alpha value is -2.18. The summed E-state index contributed by atoms with van der Waals surface area (Å²) in [6.07, 6.45) is 8.97. The smallest absolute Gasteiger partial charge is 0.249 e. The van der Waals surface area contributed by atoms with Crippen LogP contribution >= 0.6 is 0 Å². The van der Waals surface area contributed by atoms with Crippen molar-refractivity contribution >= 4 is 5.91 Å². The van der Waals surface area contributed by atoms with E-state index in [1.807, 2.05) is 29.3 Å². The van der Waals surface area contributed by atoms with Crippen molar-refractivity contribution in [1.29, 1.82) is 0 Å². The zero-order chi connectivity index (χ0) is 18.0. The van der Waals surface area contributed by atoms with E-state index in [4.69, 9.17) is 9.15 Å². The van der Waals surface area contributed by atoms with Gasteiger partial charge in [-0.25, -0.2) is 0 Å². The molecule has 2 fully saturated rings. The second kappa shape index (κ2) is 7.21. The highest BCUT2D eigenvalue weighted by Gasteiger charge is 2.47. The summed E-state index contributed by atoms with van der Waals surface area (Å²) in [5, 5.41) is 0. The van der Waals surface area contributed by atoms with Crippen LogP contribution in [0.5, 0.6) is 0 Å². The molecular weight excluding hydrogens is 330 g/mol. The molecule has 1 unspecified atom stereocenters. The van der Waals surface area contributed by atoms with Crippen LogP contribution in [-0.4, -0.2) is 52.0 Å². The largest absolute Gasteiger partial charge is 0.472 e. The predicted molar refractivity (Wildman–Crippen MR) is 96.2 cm³/mol. The Balaban J connectivity index is 1.42. The molecule has 0 bridgehead atoms. The van der Waals surface area contributed by atoms with Crippen LogP contribution in [-0.2, 0) is 22.6 Å². The van der Waals surface area contributed by atoms with Gasteiger partial charge in [0.1, 0.15) is 6.61 Å². The number of hydrogen-bond donors (Lipinski definition) is 0. The molecule has 26 heavy (non-hydrogen) atoms. The molecule has 4 rings (SSSR count). The van der Waals surface area contributed by atoms with Gasteiger partial charge in [0.15, 0.2) is 0 Å². The maximum absolute atomic E-state index is 12.5. The molecule has 138 valence electrons. The van der Waals surface area contributed by atoms with E-state index in [-0.39, 0.29) is 24.2 Å². The first-order valence-electron chi connectivity index (χ1n) is 9.22. The molecule has 0 saturated carbocycles. The number of piperidine rings is 1. The van der Waals surface area contributed by atoms with Crippen molar-refractivity contribution in [2.24, 2.45) is 0 Å². The standard InChI is InChI=1S/C20H25N3O3/c1-16-20(5-8-22(9-6-20)12-18-4-10-25-14-18)26-15-19(24)23(16)13-17-3-2-7-21-11-17/h2-4,7,10-11,14,16H,5-6,8-9,12-13,15H2,1H3. The lowest BCUT2D eigenvalue weighted by molar-refractivity contribution is -0.188. The number of pyridine rings is 1. The average molecular weight is 355 g/mol. The fourth-order valence-electron chi connectivity index (χ4n) is 4.12. The summed E-state index contributed by atoms with van der Waals surface area (Å²) >= 11 is 0. The third kappa shape index (κ3) is 3.39. The molecule has 2 aliphatic rings. The minimum atomic E-state index is -0.247. The molecule has 1 atom stereocenters. The van der Waals surface area contributed by atoms with Crippen molar-refractivity contribution in [3.8, 4) is 0 Å². The Bertz CT molecular complexity index is 724. The van der Waals surface area contributed by atoms with Gasteiger partial charge in [0.25, 0.3) is 0 Å². The lowest BCUT2D eigenvalue weighted by atomic mass is 9.82. The Morgan fingerprint density at radius 2 is 2.08 bits per heavy atom. The van der Waals surface area contributed by atoms with Gasteiger partial charge in [-0.15, -0.1) is 0 Å². The first-order chi connectivity index (χ1) is 12.7. The minimum absolute atomic E-state index is 0.0556. The number of rotatable bonds is 4. The average Bonchev–Trinajstić information content (AvgIpc) is 3.18. The van der Waals surface area contributed by atoms with Gasteiger partial charge < -0.3 is 14.1 Å². The topological polar surface area (TPSA) is 58.8 Å². The summed E-state index contributed by atoms with van der Waals surface area (Å²) in [4.78, 5) is 21.0. The van der Waals surface area contributed by atoms with Crippen LogP contribution in [0.3, 0.4) is 0 Å². The quantitative estimate of drug-likeness (QED) is 0.843. The van der Waals surface area contributed by atoms with Crippen LogP contribution in [0, 0.1) is 0 Å². The van der Waals surface area contributed by atoms with Gasteiger partial charge in [0, 0.05) is 44.1 Å². The van der Waals surface area contributed by atoms with E-state index in [2.05, 4.69) is 16.8 Å². The van der Waals surface area contributed by atoms with Crippen LogP contribution < -0.4 is 0 Å². The fourth-order valence-corrected chi connectivity index (χ4v) is 4.12. The van der Waals surface area contributed by atoms with E-state index in [0.717, 1.165) is 38.0 Å². The number of furan rings is 1. The lowest BCUT2D eigenvalue weighted by Gasteiger charge is -2.51. The van der Waals surface area contributed by atoms with E-state index >= 15 is 0 Å². The summed E-state index contributed by atoms with van der Waals surface area (Å²) in [6, 6.07) is 6.00. The summed E-state index contributed by atoms with van der Waals surface area (Å²) in [7, 11) is 0. The van der Waals surface area contributed by atoms with Gasteiger partial charge in [0.05, 0.1) is 24.2 Å². The molecule has 2 saturated heterocycles. The highest BCUT2D eigenvalue weighted by molar-refractivity contribution is 5.78. The second-order valence-electron chi connectivity index (χ2n) is 7.32. The third-order valence-corrected chi connectivity index (χ3v) is 5.80. The van der Waals surface area contributed by atoms with E-state index in [1.54, 1.807) is 18.7 Å². The van der Waals surface area contributed by atoms with Gasteiger partial charge in [-0.05, 0) is 37.5 Å². The summed E-state index contributed by atoms with van der Waals surface area (Å²) in [6.45, 7) is 5.72. The zero-order valence-corrected chi connectivity index (χ0v) is 15.1. The van der Waals surface area contributed by atoms with Crippen LogP contribution in [0.15, 0.2) is 47.5 Å². The monoisotopic (exact) mass is 355 g/mol. The van der Waals surface area contributed by atoms with Crippen molar-refractivity contribution in [2.75, 3.05) is 19.7 Å². The van der Waals surface area contributed by atoms with E-state index in [1.165, 1.54) is 5.56 Å². The first kappa shape index (κ1) is 17.2. The molecular formula is C20H25N3O3. The summed E-state index contributed by atoms with van der Waals surface area (Å²) in [5.74, 6) is 0.0628. The molecule has 2 aliphatic heterocycles. The maximum atomic E-state index is 12.5. The molecule has 6 nitrogen and oxygen atoms in total. The summed E-state index contributed by atoms with van der Waals surface area (Å²) < 4.78 is 11.3. The van der Waals surface area contributed by atoms with Crippen LogP contribution in [0.1, 0.15) is 30.9 Å². The number of aromatic nitrogens is 1. The number of hydrogen-bond acceptors (Lipinski definition) is 5. The molecule has 2 aromatic heterocycles. The zero-order valence-electron chi connectivity index (χ0n) is 15.1. The Labute approximate surface area is 153 Å². The van der Waals surface area contributed by atoms with Crippen molar-refractivity contribution in [2.45, 2.75) is 44.5 Å². The summed E-state index contributed by atoms with van der Waals surface area (Å²) in [5.41, 5.74) is 2.01. The maximum Gasteiger partial charge on any atom is 0.249 e. The first-order valence-corrected chi connectivity index (χ1v) is 9.22. The molecule has 0 N–H and O–H groups in total. The van der Waals surface area contributed by atoms with Crippen molar-refractivity contribution in [3.63, 3.8) is 0 Å². The Morgan fingerprint density at radius 1 is 1.23 bits per heavy atom. The van der Waals surface area contributed by atoms with Gasteiger partial charge in [-0.2, -0.15) is 0 Å². The van der Waals surface area contributed by atoms with Gasteiger partial charge in [0.2, 0.25) is 5.91 Å². The van der Waals surface area contributed by atoms with E-state index < -0.39 is 0 Å². The van der Waals surface area contributed by atoms with E-state index in [0.29, 0.717) is 6.54 Å². The second-order valence-corrected chi connectivity index (χ2v) is 7.32. The van der Waals surface area contributed by atoms with Gasteiger partial charge in [-0.1, -0.05) is 6.07 Å². The van der Waals surface area contributed by atoms with E-state index in [9.17, 15) is 4.79 Å². The normalized spacial score (nSPS) is 23.5. The molecule has 2 aromatic rings. The van der Waals surface area contributed by atoms with Crippen molar-refractivity contribution in [3.05, 3.63) is 54.2 Å². The minimum Gasteiger partial charge on any atom is -0.472 e. The van der Waals surface area contributed by atoms with Crippen LogP contribution in [0.2, 0.25) is 0 Å². The molecule has 4 heterocycles. The molecule has 0 aliphatic carbocycles. The van der Waals surface area contributed by atoms with Crippen LogP contribution in [0.4, 0.5) is 0 Å². The lowest BCUT2D eigenvalue weighted by Crippen LogP contribution is -2.63. The molecule has 1 spiro atoms. The third-order valence-electron chi connectivity index (χ3n) is 5.80. The number of amides is 1. The molecule has 0 radical (unpaired) electrons. The van der Waals surface area contributed by atoms with Gasteiger partial charge >= 0.3 is 0 Å². The highest BCUT2D eigenvalue weighted by atomic mass is 16.5. The fraction of sp³-hybridized carbons (Fsp3) is 0.500. The number of carbonyl (C=O) groups is 1. The number of morpholine rings is 1. The number of likely N-dealkylation sites (tertiary alicyclic amines) is 1.